The summed E-state index contributed by atoms with van der Waals surface area (Å²) in [4.78, 5) is 14.8. The molecule has 0 bridgehead atoms. The van der Waals surface area contributed by atoms with Crippen LogP contribution < -0.4 is 0 Å². The molecular formula is C12H12N4O4S2. The predicted octanol–water partition coefficient (Wildman–Crippen LogP) is 2.15. The van der Waals surface area contributed by atoms with E-state index in [1.54, 1.807) is 0 Å². The van der Waals surface area contributed by atoms with Crippen molar-refractivity contribution in [2.75, 3.05) is 6.26 Å². The Kier molecular flexibility index (Phi) is 3.65. The van der Waals surface area contributed by atoms with Crippen LogP contribution in [0.5, 0.6) is 0 Å². The van der Waals surface area contributed by atoms with Crippen molar-refractivity contribution in [2.45, 2.75) is 33.7 Å². The van der Waals surface area contributed by atoms with E-state index in [9.17, 15) is 18.5 Å². The zero-order valence-corrected chi connectivity index (χ0v) is 13.1. The molecule has 1 N–H and O–H groups in total. The Hall–Kier alpha value is -1.94. The standard InChI is InChI=1S/C12H12N4O4S2/c1-22(19,20)9-4-2-3-8(10(9)16(17)18)21-12-13-11(14-15-12)7-5-6-7/h2-4,7H,5-6H2,1H3,(H,13,14,15). The number of nitro benzene ring substituents is 1. The Bertz CT molecular complexity index is 843. The van der Waals surface area contributed by atoms with Crippen molar-refractivity contribution in [1.82, 2.24) is 15.2 Å². The smallest absolute Gasteiger partial charge is 0.262 e. The van der Waals surface area contributed by atoms with Gasteiger partial charge in [0.1, 0.15) is 10.7 Å². The van der Waals surface area contributed by atoms with Crippen molar-refractivity contribution in [3.63, 3.8) is 0 Å². The van der Waals surface area contributed by atoms with Gasteiger partial charge in [0.2, 0.25) is 5.16 Å². The molecule has 0 saturated heterocycles. The molecule has 1 heterocycles. The average molecular weight is 340 g/mol. The molecule has 22 heavy (non-hydrogen) atoms. The van der Waals surface area contributed by atoms with Crippen LogP contribution in [0.25, 0.3) is 0 Å². The zero-order valence-electron chi connectivity index (χ0n) is 11.5. The molecule has 0 unspecified atom stereocenters. The minimum absolute atomic E-state index is 0.203. The number of hydrogen-bond acceptors (Lipinski definition) is 7. The van der Waals surface area contributed by atoms with Gasteiger partial charge in [-0.3, -0.25) is 15.2 Å². The highest BCUT2D eigenvalue weighted by Crippen LogP contribution is 2.40. The monoisotopic (exact) mass is 340 g/mol. The van der Waals surface area contributed by atoms with Crippen molar-refractivity contribution in [3.05, 3.63) is 34.1 Å². The molecule has 0 radical (unpaired) electrons. The molecule has 1 aliphatic rings. The van der Waals surface area contributed by atoms with E-state index >= 15 is 0 Å². The molecule has 0 spiro atoms. The minimum Gasteiger partial charge on any atom is -0.262 e. The lowest BCUT2D eigenvalue weighted by Crippen LogP contribution is -2.03. The Morgan fingerprint density at radius 3 is 2.73 bits per heavy atom. The number of nitrogens with one attached hydrogen (secondary N) is 1. The summed E-state index contributed by atoms with van der Waals surface area (Å²) in [5.41, 5.74) is -0.437. The second-order valence-electron chi connectivity index (χ2n) is 5.01. The Labute approximate surface area is 130 Å². The second kappa shape index (κ2) is 5.36. The molecule has 8 nitrogen and oxygen atoms in total. The molecule has 1 saturated carbocycles. The summed E-state index contributed by atoms with van der Waals surface area (Å²) in [5, 5.41) is 18.5. The lowest BCUT2D eigenvalue weighted by Gasteiger charge is -2.04. The fraction of sp³-hybridized carbons (Fsp3) is 0.333. The lowest BCUT2D eigenvalue weighted by atomic mass is 10.3. The van der Waals surface area contributed by atoms with Crippen molar-refractivity contribution < 1.29 is 13.3 Å². The van der Waals surface area contributed by atoms with Crippen LogP contribution in [0.3, 0.4) is 0 Å². The van der Waals surface area contributed by atoms with Crippen LogP contribution in [0.15, 0.2) is 33.1 Å². The highest BCUT2D eigenvalue weighted by atomic mass is 32.2. The normalized spacial score (nSPS) is 15.0. The number of benzene rings is 1. The first kappa shape index (κ1) is 15.0. The molecule has 0 amide bonds. The number of H-pyrrole nitrogens is 1. The Morgan fingerprint density at radius 2 is 2.14 bits per heavy atom. The van der Waals surface area contributed by atoms with Crippen molar-refractivity contribution in [3.8, 4) is 0 Å². The van der Waals surface area contributed by atoms with Gasteiger partial charge in [-0.2, -0.15) is 0 Å². The third-order valence-corrected chi connectivity index (χ3v) is 5.23. The number of nitrogens with zero attached hydrogens (tertiary/aromatic N) is 3. The van der Waals surface area contributed by atoms with Gasteiger partial charge in [-0.25, -0.2) is 13.4 Å². The van der Waals surface area contributed by atoms with Gasteiger partial charge in [0, 0.05) is 12.2 Å². The Morgan fingerprint density at radius 1 is 1.41 bits per heavy atom. The van der Waals surface area contributed by atoms with E-state index in [-0.39, 0.29) is 9.79 Å². The van der Waals surface area contributed by atoms with Crippen LogP contribution in [0.2, 0.25) is 0 Å². The number of nitro groups is 1. The van der Waals surface area contributed by atoms with E-state index < -0.39 is 20.4 Å². The lowest BCUT2D eigenvalue weighted by molar-refractivity contribution is -0.390. The highest BCUT2D eigenvalue weighted by Gasteiger charge is 2.29. The SMILES string of the molecule is CS(=O)(=O)c1cccc(Sc2n[nH]c(C3CC3)n2)c1[N+](=O)[O-]. The molecule has 1 aromatic carbocycles. The first-order chi connectivity index (χ1) is 10.4. The highest BCUT2D eigenvalue weighted by molar-refractivity contribution is 7.99. The molecule has 3 rings (SSSR count). The summed E-state index contributed by atoms with van der Waals surface area (Å²) < 4.78 is 23.4. The number of para-hydroxylation sites is 1. The molecule has 1 fully saturated rings. The number of aromatic amines is 1. The van der Waals surface area contributed by atoms with E-state index in [1.165, 1.54) is 18.2 Å². The summed E-state index contributed by atoms with van der Waals surface area (Å²) in [6.45, 7) is 0. The zero-order chi connectivity index (χ0) is 15.9. The van der Waals surface area contributed by atoms with Gasteiger partial charge in [0.25, 0.3) is 0 Å². The number of hydrogen-bond donors (Lipinski definition) is 1. The predicted molar refractivity (Wildman–Crippen MR) is 78.7 cm³/mol. The molecule has 1 aliphatic carbocycles. The van der Waals surface area contributed by atoms with Crippen molar-refractivity contribution >= 4 is 27.3 Å². The summed E-state index contributed by atoms with van der Waals surface area (Å²) in [6, 6.07) is 4.19. The first-order valence-electron chi connectivity index (χ1n) is 6.44. The number of aromatic nitrogens is 3. The van der Waals surface area contributed by atoms with Gasteiger partial charge in [-0.15, -0.1) is 5.10 Å². The summed E-state index contributed by atoms with van der Waals surface area (Å²) in [7, 11) is -3.70. The van der Waals surface area contributed by atoms with E-state index in [0.29, 0.717) is 11.1 Å². The summed E-state index contributed by atoms with van der Waals surface area (Å²) in [5.74, 6) is 1.16. The molecule has 116 valence electrons. The van der Waals surface area contributed by atoms with Crippen LogP contribution in [-0.2, 0) is 9.84 Å². The third-order valence-electron chi connectivity index (χ3n) is 3.19. The van der Waals surface area contributed by atoms with E-state index in [0.717, 1.165) is 36.7 Å². The third kappa shape index (κ3) is 2.97. The van der Waals surface area contributed by atoms with Crippen LogP contribution in [0.4, 0.5) is 5.69 Å². The van der Waals surface area contributed by atoms with Gasteiger partial charge < -0.3 is 0 Å². The van der Waals surface area contributed by atoms with Gasteiger partial charge >= 0.3 is 5.69 Å². The van der Waals surface area contributed by atoms with Crippen LogP contribution in [-0.4, -0.2) is 34.8 Å². The maximum absolute atomic E-state index is 11.7. The fourth-order valence-electron chi connectivity index (χ4n) is 2.01. The summed E-state index contributed by atoms with van der Waals surface area (Å²) >= 11 is 0.979. The molecule has 10 heteroatoms. The van der Waals surface area contributed by atoms with Crippen LogP contribution >= 0.6 is 11.8 Å². The fourth-order valence-corrected chi connectivity index (χ4v) is 3.79. The largest absolute Gasteiger partial charge is 0.301 e. The van der Waals surface area contributed by atoms with Gasteiger partial charge in [0.15, 0.2) is 9.84 Å². The number of rotatable bonds is 5. The van der Waals surface area contributed by atoms with Gasteiger partial charge in [-0.05, 0) is 36.7 Å². The molecular weight excluding hydrogens is 328 g/mol. The quantitative estimate of drug-likeness (QED) is 0.654. The van der Waals surface area contributed by atoms with Gasteiger partial charge in [-0.1, -0.05) is 6.07 Å². The number of sulfone groups is 1. The van der Waals surface area contributed by atoms with Gasteiger partial charge in [0.05, 0.1) is 9.82 Å². The molecule has 0 aliphatic heterocycles. The second-order valence-corrected chi connectivity index (χ2v) is 8.00. The molecule has 2 aromatic rings. The summed E-state index contributed by atoms with van der Waals surface area (Å²) in [6.07, 6.45) is 3.06. The van der Waals surface area contributed by atoms with Crippen LogP contribution in [0.1, 0.15) is 24.6 Å². The van der Waals surface area contributed by atoms with Crippen molar-refractivity contribution in [2.24, 2.45) is 0 Å². The molecule has 1 aromatic heterocycles. The minimum atomic E-state index is -3.70. The molecule has 0 atom stereocenters. The van der Waals surface area contributed by atoms with Crippen LogP contribution in [0, 0.1) is 10.1 Å². The maximum atomic E-state index is 11.7. The maximum Gasteiger partial charge on any atom is 0.301 e. The van der Waals surface area contributed by atoms with E-state index in [4.69, 9.17) is 0 Å². The first-order valence-corrected chi connectivity index (χ1v) is 9.14. The van der Waals surface area contributed by atoms with Crippen molar-refractivity contribution in [1.29, 1.82) is 0 Å². The average Bonchev–Trinajstić information content (AvgIpc) is 3.18. The topological polar surface area (TPSA) is 119 Å². The van der Waals surface area contributed by atoms with E-state index in [2.05, 4.69) is 15.2 Å². The van der Waals surface area contributed by atoms with E-state index in [1.807, 2.05) is 0 Å². The Balaban J connectivity index is 2.00.